The van der Waals surface area contributed by atoms with Crippen LogP contribution in [0.5, 0.6) is 0 Å². The zero-order valence-electron chi connectivity index (χ0n) is 8.63. The number of halogens is 2. The van der Waals surface area contributed by atoms with Crippen LogP contribution < -0.4 is 5.32 Å². The number of rotatable bonds is 3. The van der Waals surface area contributed by atoms with Crippen LogP contribution in [0.3, 0.4) is 0 Å². The first-order chi connectivity index (χ1) is 7.66. The van der Waals surface area contributed by atoms with Crippen LogP contribution in [-0.4, -0.2) is 4.98 Å². The Kier molecular flexibility index (Phi) is 3.51. The number of furan rings is 1. The molecule has 2 aromatic heterocycles. The standard InChI is InChI=1S/C11H10BrClN2O/c1-7-2-3-16-10(7)6-14-8-4-9(12)11(13)15-5-8/h2-5,14H,6H2,1H3. The lowest BCUT2D eigenvalue weighted by atomic mass is 10.3. The van der Waals surface area contributed by atoms with E-state index in [-0.39, 0.29) is 0 Å². The van der Waals surface area contributed by atoms with Crippen molar-refractivity contribution in [3.63, 3.8) is 0 Å². The lowest BCUT2D eigenvalue weighted by molar-refractivity contribution is 0.515. The second kappa shape index (κ2) is 4.89. The molecule has 2 aromatic rings. The molecule has 2 heterocycles. The summed E-state index contributed by atoms with van der Waals surface area (Å²) in [6, 6.07) is 3.82. The number of aromatic nitrogens is 1. The second-order valence-electron chi connectivity index (χ2n) is 3.38. The van der Waals surface area contributed by atoms with E-state index in [9.17, 15) is 0 Å². The lowest BCUT2D eigenvalue weighted by Gasteiger charge is -2.05. The summed E-state index contributed by atoms with van der Waals surface area (Å²) in [5.74, 6) is 0.922. The number of aryl methyl sites for hydroxylation is 1. The highest BCUT2D eigenvalue weighted by Crippen LogP contribution is 2.23. The highest BCUT2D eigenvalue weighted by Gasteiger charge is 2.03. The molecule has 0 saturated carbocycles. The van der Waals surface area contributed by atoms with Gasteiger partial charge in [-0.2, -0.15) is 0 Å². The van der Waals surface area contributed by atoms with Crippen molar-refractivity contribution in [2.24, 2.45) is 0 Å². The van der Waals surface area contributed by atoms with E-state index in [1.54, 1.807) is 12.5 Å². The van der Waals surface area contributed by atoms with Gasteiger partial charge in [0.15, 0.2) is 0 Å². The minimum atomic E-state index is 0.458. The van der Waals surface area contributed by atoms with Gasteiger partial charge in [-0.05, 0) is 40.5 Å². The number of nitrogens with zero attached hydrogens (tertiary/aromatic N) is 1. The number of pyridine rings is 1. The van der Waals surface area contributed by atoms with Crippen LogP contribution in [0, 0.1) is 6.92 Å². The zero-order valence-corrected chi connectivity index (χ0v) is 11.0. The molecule has 0 aliphatic heterocycles. The average molecular weight is 302 g/mol. The van der Waals surface area contributed by atoms with Gasteiger partial charge in [-0.15, -0.1) is 0 Å². The fraction of sp³-hybridized carbons (Fsp3) is 0.182. The van der Waals surface area contributed by atoms with E-state index in [2.05, 4.69) is 26.2 Å². The normalized spacial score (nSPS) is 10.4. The van der Waals surface area contributed by atoms with Gasteiger partial charge in [-0.1, -0.05) is 11.6 Å². The van der Waals surface area contributed by atoms with Crippen molar-refractivity contribution >= 4 is 33.2 Å². The van der Waals surface area contributed by atoms with Gasteiger partial charge in [0, 0.05) is 0 Å². The van der Waals surface area contributed by atoms with E-state index in [0.717, 1.165) is 21.5 Å². The summed E-state index contributed by atoms with van der Waals surface area (Å²) in [5, 5.41) is 3.67. The van der Waals surface area contributed by atoms with E-state index in [4.69, 9.17) is 16.0 Å². The molecule has 1 N–H and O–H groups in total. The Morgan fingerprint density at radius 2 is 2.38 bits per heavy atom. The minimum Gasteiger partial charge on any atom is -0.467 e. The van der Waals surface area contributed by atoms with Gasteiger partial charge in [0.2, 0.25) is 0 Å². The van der Waals surface area contributed by atoms with Crippen LogP contribution in [-0.2, 0) is 6.54 Å². The first-order valence-corrected chi connectivity index (χ1v) is 5.92. The zero-order chi connectivity index (χ0) is 11.5. The predicted molar refractivity (Wildman–Crippen MR) is 67.7 cm³/mol. The Hall–Kier alpha value is -1.00. The second-order valence-corrected chi connectivity index (χ2v) is 4.59. The number of nitrogens with one attached hydrogen (secondary N) is 1. The van der Waals surface area contributed by atoms with E-state index >= 15 is 0 Å². The molecular formula is C11H10BrClN2O. The average Bonchev–Trinajstić information content (AvgIpc) is 2.66. The Bertz CT molecular complexity index is 498. The van der Waals surface area contributed by atoms with E-state index in [0.29, 0.717) is 11.7 Å². The van der Waals surface area contributed by atoms with Gasteiger partial charge >= 0.3 is 0 Å². The van der Waals surface area contributed by atoms with Crippen molar-refractivity contribution in [2.75, 3.05) is 5.32 Å². The first kappa shape index (κ1) is 11.5. The smallest absolute Gasteiger partial charge is 0.143 e. The van der Waals surface area contributed by atoms with Crippen LogP contribution in [0.2, 0.25) is 5.15 Å². The molecule has 0 amide bonds. The van der Waals surface area contributed by atoms with Crippen molar-refractivity contribution < 1.29 is 4.42 Å². The maximum absolute atomic E-state index is 5.80. The van der Waals surface area contributed by atoms with Crippen molar-refractivity contribution in [1.82, 2.24) is 4.98 Å². The largest absolute Gasteiger partial charge is 0.467 e. The Balaban J connectivity index is 2.05. The molecule has 0 unspecified atom stereocenters. The predicted octanol–water partition coefficient (Wildman–Crippen LogP) is 4.01. The number of hydrogen-bond donors (Lipinski definition) is 1. The van der Waals surface area contributed by atoms with E-state index < -0.39 is 0 Å². The first-order valence-electron chi connectivity index (χ1n) is 4.74. The quantitative estimate of drug-likeness (QED) is 0.870. The molecule has 0 spiro atoms. The van der Waals surface area contributed by atoms with E-state index in [1.807, 2.05) is 19.1 Å². The van der Waals surface area contributed by atoms with Gasteiger partial charge in [-0.25, -0.2) is 4.98 Å². The number of hydrogen-bond acceptors (Lipinski definition) is 3. The summed E-state index contributed by atoms with van der Waals surface area (Å²) in [5.41, 5.74) is 2.03. The summed E-state index contributed by atoms with van der Waals surface area (Å²) in [7, 11) is 0. The third-order valence-electron chi connectivity index (χ3n) is 2.22. The molecular weight excluding hydrogens is 291 g/mol. The fourth-order valence-electron chi connectivity index (χ4n) is 1.29. The van der Waals surface area contributed by atoms with Crippen LogP contribution in [0.15, 0.2) is 33.5 Å². The molecule has 0 bridgehead atoms. The van der Waals surface area contributed by atoms with Crippen molar-refractivity contribution in [3.05, 3.63) is 45.5 Å². The van der Waals surface area contributed by atoms with Crippen LogP contribution in [0.25, 0.3) is 0 Å². The third-order valence-corrected chi connectivity index (χ3v) is 3.35. The maximum atomic E-state index is 5.80. The number of anilines is 1. The summed E-state index contributed by atoms with van der Waals surface area (Å²) in [6.07, 6.45) is 3.37. The lowest BCUT2D eigenvalue weighted by Crippen LogP contribution is -2.00. The summed E-state index contributed by atoms with van der Waals surface area (Å²) in [4.78, 5) is 4.03. The van der Waals surface area contributed by atoms with Crippen LogP contribution >= 0.6 is 27.5 Å². The Labute approximate surface area is 107 Å². The third kappa shape index (κ3) is 2.57. The van der Waals surface area contributed by atoms with Crippen molar-refractivity contribution in [2.45, 2.75) is 13.5 Å². The Morgan fingerprint density at radius 3 is 3.00 bits per heavy atom. The van der Waals surface area contributed by atoms with Crippen molar-refractivity contribution in [3.8, 4) is 0 Å². The molecule has 0 fully saturated rings. The molecule has 0 aromatic carbocycles. The molecule has 0 radical (unpaired) electrons. The molecule has 2 rings (SSSR count). The molecule has 16 heavy (non-hydrogen) atoms. The summed E-state index contributed by atoms with van der Waals surface area (Å²) >= 11 is 9.12. The Morgan fingerprint density at radius 1 is 1.56 bits per heavy atom. The monoisotopic (exact) mass is 300 g/mol. The highest BCUT2D eigenvalue weighted by molar-refractivity contribution is 9.10. The van der Waals surface area contributed by atoms with Gasteiger partial charge in [-0.3, -0.25) is 0 Å². The van der Waals surface area contributed by atoms with Crippen LogP contribution in [0.4, 0.5) is 5.69 Å². The molecule has 0 saturated heterocycles. The van der Waals surface area contributed by atoms with Crippen LogP contribution in [0.1, 0.15) is 11.3 Å². The minimum absolute atomic E-state index is 0.458. The van der Waals surface area contributed by atoms with Gasteiger partial charge < -0.3 is 9.73 Å². The van der Waals surface area contributed by atoms with Crippen molar-refractivity contribution in [1.29, 1.82) is 0 Å². The topological polar surface area (TPSA) is 38.1 Å². The van der Waals surface area contributed by atoms with E-state index in [1.165, 1.54) is 0 Å². The van der Waals surface area contributed by atoms with Gasteiger partial charge in [0.05, 0.1) is 29.2 Å². The van der Waals surface area contributed by atoms with Gasteiger partial charge in [0.25, 0.3) is 0 Å². The molecule has 84 valence electrons. The molecule has 5 heteroatoms. The SMILES string of the molecule is Cc1ccoc1CNc1cnc(Cl)c(Br)c1. The van der Waals surface area contributed by atoms with Gasteiger partial charge in [0.1, 0.15) is 10.9 Å². The maximum Gasteiger partial charge on any atom is 0.143 e. The molecule has 3 nitrogen and oxygen atoms in total. The molecule has 0 atom stereocenters. The fourth-order valence-corrected chi connectivity index (χ4v) is 1.74. The summed E-state index contributed by atoms with van der Waals surface area (Å²) < 4.78 is 6.09. The molecule has 0 aliphatic rings. The highest BCUT2D eigenvalue weighted by atomic mass is 79.9. The molecule has 0 aliphatic carbocycles. The summed E-state index contributed by atoms with van der Waals surface area (Å²) in [6.45, 7) is 2.64.